The van der Waals surface area contributed by atoms with Crippen LogP contribution in [0.25, 0.3) is 5.57 Å². The van der Waals surface area contributed by atoms with Crippen LogP contribution in [0.4, 0.5) is 0 Å². The molecule has 1 unspecified atom stereocenters. The average molecular weight is 382 g/mol. The van der Waals surface area contributed by atoms with Crippen molar-refractivity contribution < 1.29 is 24.5 Å². The van der Waals surface area contributed by atoms with Crippen molar-refractivity contribution in [3.63, 3.8) is 0 Å². The van der Waals surface area contributed by atoms with Gasteiger partial charge in [-0.2, -0.15) is 0 Å². The lowest BCUT2D eigenvalue weighted by molar-refractivity contribution is -0.145. The van der Waals surface area contributed by atoms with Crippen LogP contribution in [0.1, 0.15) is 37.0 Å². The zero-order chi connectivity index (χ0) is 20.1. The molecule has 0 bridgehead atoms. The predicted molar refractivity (Wildman–Crippen MR) is 107 cm³/mol. The third-order valence-electron chi connectivity index (χ3n) is 5.20. The maximum absolute atomic E-state index is 11.1. The van der Waals surface area contributed by atoms with E-state index in [0.717, 1.165) is 18.6 Å². The number of hydrogen-bond acceptors (Lipinski definition) is 4. The molecule has 0 radical (unpaired) electrons. The maximum Gasteiger partial charge on any atom is 0.309 e. The van der Waals surface area contributed by atoms with E-state index in [4.69, 9.17) is 14.6 Å². The van der Waals surface area contributed by atoms with Crippen molar-refractivity contribution >= 4 is 11.5 Å². The molecule has 148 valence electrons. The van der Waals surface area contributed by atoms with Crippen LogP contribution in [0.15, 0.2) is 54.6 Å². The molecule has 1 aliphatic rings. The van der Waals surface area contributed by atoms with Crippen molar-refractivity contribution in [3.8, 4) is 11.5 Å². The molecule has 2 N–H and O–H groups in total. The SMILES string of the molecule is COc1cccc(C2=CCC(COc3cccc([C@H](O)[C@H](C)C(=O)O)c3)C2)c1. The standard InChI is InChI=1S/C23H26O5/c1-15(23(25)26)22(24)19-6-4-8-21(13-19)28-14-16-9-10-18(11-16)17-5-3-7-20(12-17)27-2/h3-8,10,12-13,15-16,22,24H,9,11,14H2,1-2H3,(H,25,26)/t15-,16?,22+/m0/s1. The molecule has 2 aromatic rings. The Morgan fingerprint density at radius 2 is 1.93 bits per heavy atom. The maximum atomic E-state index is 11.1. The summed E-state index contributed by atoms with van der Waals surface area (Å²) < 4.78 is 11.2. The van der Waals surface area contributed by atoms with Crippen molar-refractivity contribution in [1.29, 1.82) is 0 Å². The van der Waals surface area contributed by atoms with Gasteiger partial charge in [-0.05, 0) is 60.7 Å². The Bertz CT molecular complexity index is 858. The van der Waals surface area contributed by atoms with Crippen LogP contribution in [0.2, 0.25) is 0 Å². The molecule has 0 saturated carbocycles. The van der Waals surface area contributed by atoms with Crippen LogP contribution in [-0.2, 0) is 4.79 Å². The Balaban J connectivity index is 1.57. The van der Waals surface area contributed by atoms with Crippen LogP contribution in [0.3, 0.4) is 0 Å². The largest absolute Gasteiger partial charge is 0.497 e. The van der Waals surface area contributed by atoms with E-state index in [0.29, 0.717) is 23.8 Å². The van der Waals surface area contributed by atoms with Crippen LogP contribution in [-0.4, -0.2) is 29.9 Å². The molecule has 0 aromatic heterocycles. The summed E-state index contributed by atoms with van der Waals surface area (Å²) in [6.45, 7) is 2.06. The van der Waals surface area contributed by atoms with E-state index in [1.807, 2.05) is 24.3 Å². The highest BCUT2D eigenvalue weighted by Crippen LogP contribution is 2.34. The fourth-order valence-electron chi connectivity index (χ4n) is 3.40. The molecule has 28 heavy (non-hydrogen) atoms. The number of rotatable bonds is 8. The highest BCUT2D eigenvalue weighted by Gasteiger charge is 2.23. The van der Waals surface area contributed by atoms with Gasteiger partial charge < -0.3 is 19.7 Å². The minimum absolute atomic E-state index is 0.382. The topological polar surface area (TPSA) is 76.0 Å². The van der Waals surface area contributed by atoms with Crippen molar-refractivity contribution in [1.82, 2.24) is 0 Å². The summed E-state index contributed by atoms with van der Waals surface area (Å²) >= 11 is 0. The van der Waals surface area contributed by atoms with Gasteiger partial charge in [-0.3, -0.25) is 4.79 Å². The number of methoxy groups -OCH3 is 1. The second kappa shape index (κ2) is 8.93. The summed E-state index contributed by atoms with van der Waals surface area (Å²) in [5.74, 6) is -0.0265. The molecule has 3 rings (SSSR count). The molecular weight excluding hydrogens is 356 g/mol. The van der Waals surface area contributed by atoms with Crippen LogP contribution in [0, 0.1) is 11.8 Å². The summed E-state index contributed by atoms with van der Waals surface area (Å²) in [5, 5.41) is 19.3. The van der Waals surface area contributed by atoms with Gasteiger partial charge in [-0.25, -0.2) is 0 Å². The molecule has 0 fully saturated rings. The van der Waals surface area contributed by atoms with E-state index in [2.05, 4.69) is 12.1 Å². The van der Waals surface area contributed by atoms with E-state index in [-0.39, 0.29) is 0 Å². The monoisotopic (exact) mass is 382 g/mol. The first-order valence-electron chi connectivity index (χ1n) is 9.45. The molecule has 5 nitrogen and oxygen atoms in total. The van der Waals surface area contributed by atoms with E-state index in [9.17, 15) is 9.90 Å². The Hall–Kier alpha value is -2.79. The molecule has 1 aliphatic carbocycles. The van der Waals surface area contributed by atoms with Crippen molar-refractivity contribution in [3.05, 3.63) is 65.7 Å². The first kappa shape index (κ1) is 20.0. The summed E-state index contributed by atoms with van der Waals surface area (Å²) in [7, 11) is 1.67. The third-order valence-corrected chi connectivity index (χ3v) is 5.20. The molecule has 0 amide bonds. The second-order valence-corrected chi connectivity index (χ2v) is 7.22. The van der Waals surface area contributed by atoms with Crippen molar-refractivity contribution in [2.45, 2.75) is 25.9 Å². The van der Waals surface area contributed by atoms with Crippen molar-refractivity contribution in [2.75, 3.05) is 13.7 Å². The lowest BCUT2D eigenvalue weighted by atomic mass is 9.97. The zero-order valence-corrected chi connectivity index (χ0v) is 16.2. The molecular formula is C23H26O5. The predicted octanol–water partition coefficient (Wildman–Crippen LogP) is 4.32. The van der Waals surface area contributed by atoms with Gasteiger partial charge in [0.1, 0.15) is 11.5 Å². The number of carboxylic acids is 1. The van der Waals surface area contributed by atoms with Crippen molar-refractivity contribution in [2.24, 2.45) is 11.8 Å². The minimum Gasteiger partial charge on any atom is -0.497 e. The van der Waals surface area contributed by atoms with Gasteiger partial charge in [0.25, 0.3) is 0 Å². The number of aliphatic carboxylic acids is 1. The van der Waals surface area contributed by atoms with E-state index >= 15 is 0 Å². The van der Waals surface area contributed by atoms with E-state index < -0.39 is 18.0 Å². The normalized spacial score (nSPS) is 18.2. The van der Waals surface area contributed by atoms with Crippen LogP contribution < -0.4 is 9.47 Å². The lowest BCUT2D eigenvalue weighted by Crippen LogP contribution is -2.18. The van der Waals surface area contributed by atoms with Gasteiger partial charge in [-0.1, -0.05) is 30.3 Å². The lowest BCUT2D eigenvalue weighted by Gasteiger charge is -2.17. The summed E-state index contributed by atoms with van der Waals surface area (Å²) in [4.78, 5) is 11.1. The number of allylic oxidation sites excluding steroid dienone is 2. The first-order chi connectivity index (χ1) is 13.5. The Kier molecular flexibility index (Phi) is 6.37. The number of ether oxygens (including phenoxy) is 2. The summed E-state index contributed by atoms with van der Waals surface area (Å²) in [6, 6.07) is 15.1. The molecule has 2 aromatic carbocycles. The molecule has 3 atom stereocenters. The molecule has 0 aliphatic heterocycles. The van der Waals surface area contributed by atoms with Gasteiger partial charge >= 0.3 is 5.97 Å². The van der Waals surface area contributed by atoms with Gasteiger partial charge in [0, 0.05) is 5.92 Å². The van der Waals surface area contributed by atoms with Gasteiger partial charge in [-0.15, -0.1) is 0 Å². The Labute approximate surface area is 165 Å². The van der Waals surface area contributed by atoms with Gasteiger partial charge in [0.05, 0.1) is 25.7 Å². The first-order valence-corrected chi connectivity index (χ1v) is 9.45. The third kappa shape index (κ3) is 4.73. The quantitative estimate of drug-likeness (QED) is 0.711. The number of benzene rings is 2. The molecule has 0 spiro atoms. The van der Waals surface area contributed by atoms with E-state index in [1.165, 1.54) is 18.1 Å². The number of carboxylic acid groups (broad SMARTS) is 1. The van der Waals surface area contributed by atoms with E-state index in [1.54, 1.807) is 25.3 Å². The number of hydrogen-bond donors (Lipinski definition) is 2. The van der Waals surface area contributed by atoms with Crippen LogP contribution >= 0.6 is 0 Å². The Morgan fingerprint density at radius 3 is 2.68 bits per heavy atom. The Morgan fingerprint density at radius 1 is 1.18 bits per heavy atom. The minimum atomic E-state index is -1.06. The molecule has 5 heteroatoms. The van der Waals surface area contributed by atoms with Gasteiger partial charge in [0.2, 0.25) is 0 Å². The smallest absolute Gasteiger partial charge is 0.309 e. The average Bonchev–Trinajstić information content (AvgIpc) is 3.20. The molecule has 0 saturated heterocycles. The highest BCUT2D eigenvalue weighted by molar-refractivity contribution is 5.70. The zero-order valence-electron chi connectivity index (χ0n) is 16.2. The number of aliphatic hydroxyl groups is 1. The number of carbonyl (C=O) groups is 1. The summed E-state index contributed by atoms with van der Waals surface area (Å²) in [5.41, 5.74) is 3.02. The van der Waals surface area contributed by atoms with Crippen LogP contribution in [0.5, 0.6) is 11.5 Å². The fraction of sp³-hybridized carbons (Fsp3) is 0.348. The molecule has 0 heterocycles. The van der Waals surface area contributed by atoms with Gasteiger partial charge in [0.15, 0.2) is 0 Å². The summed E-state index contributed by atoms with van der Waals surface area (Å²) in [6.07, 6.45) is 3.07. The second-order valence-electron chi connectivity index (χ2n) is 7.22. The number of aliphatic hydroxyl groups excluding tert-OH is 1. The highest BCUT2D eigenvalue weighted by atomic mass is 16.5. The fourth-order valence-corrected chi connectivity index (χ4v) is 3.40.